The fourth-order valence-corrected chi connectivity index (χ4v) is 7.88. The second kappa shape index (κ2) is 17.6. The van der Waals surface area contributed by atoms with Crippen molar-refractivity contribution in [3.8, 4) is 11.4 Å². The highest BCUT2D eigenvalue weighted by Gasteiger charge is 2.51. The van der Waals surface area contributed by atoms with Gasteiger partial charge in [-0.1, -0.05) is 30.3 Å². The molecule has 2 atom stereocenters. The Bertz CT molecular complexity index is 2490. The van der Waals surface area contributed by atoms with Crippen molar-refractivity contribution >= 4 is 40.3 Å². The number of amides is 2. The fourth-order valence-electron chi connectivity index (χ4n) is 7.48. The third-order valence-corrected chi connectivity index (χ3v) is 11.9. The van der Waals surface area contributed by atoms with Gasteiger partial charge in [0.05, 0.1) is 23.3 Å². The molecule has 0 radical (unpaired) electrons. The quantitative estimate of drug-likeness (QED) is 0.144. The minimum Gasteiger partial charge on any atom is -0.399 e. The number of nitrogens with one attached hydrogen (secondary N) is 2. The Morgan fingerprint density at radius 2 is 1.22 bits per heavy atom. The Kier molecular flexibility index (Phi) is 12.5. The van der Waals surface area contributed by atoms with Crippen LogP contribution in [0.2, 0.25) is 0 Å². The summed E-state index contributed by atoms with van der Waals surface area (Å²) in [5, 5.41) is 14.4. The van der Waals surface area contributed by atoms with Crippen molar-refractivity contribution in [1.82, 2.24) is 50.1 Å². The predicted octanol–water partition coefficient (Wildman–Crippen LogP) is 6.29. The van der Waals surface area contributed by atoms with E-state index in [1.54, 1.807) is 60.4 Å². The van der Waals surface area contributed by atoms with Gasteiger partial charge in [0.25, 0.3) is 11.8 Å². The molecule has 2 aromatic carbocycles. The van der Waals surface area contributed by atoms with Crippen LogP contribution in [-0.2, 0) is 36.2 Å². The molecular formula is C44H50BBrN10O4. The fraction of sp³-hybridized carbons (Fsp3) is 0.364. The number of carbonyl (C=O) groups excluding carboxylic acids is 2. The van der Waals surface area contributed by atoms with Crippen molar-refractivity contribution in [2.45, 2.75) is 90.5 Å². The molecule has 5 heterocycles. The third-order valence-electron chi connectivity index (χ3n) is 11.5. The molecule has 4 aromatic heterocycles. The van der Waals surface area contributed by atoms with Gasteiger partial charge in [-0.2, -0.15) is 10.2 Å². The molecule has 2 amide bonds. The van der Waals surface area contributed by atoms with Crippen molar-refractivity contribution in [3.63, 3.8) is 0 Å². The first-order chi connectivity index (χ1) is 28.6. The van der Waals surface area contributed by atoms with Crippen molar-refractivity contribution in [1.29, 1.82) is 0 Å². The van der Waals surface area contributed by atoms with Crippen LogP contribution < -0.4 is 16.1 Å². The molecule has 3 aliphatic rings. The van der Waals surface area contributed by atoms with E-state index in [0.717, 1.165) is 53.9 Å². The molecular weight excluding hydrogens is 823 g/mol. The number of nitrogens with zero attached hydrogens (tertiary/aromatic N) is 8. The van der Waals surface area contributed by atoms with E-state index in [1.165, 1.54) is 22.3 Å². The van der Waals surface area contributed by atoms with Crippen molar-refractivity contribution in [2.75, 3.05) is 0 Å². The first kappa shape index (κ1) is 42.5. The number of hydrogen-bond acceptors (Lipinski definition) is 10. The first-order valence-corrected chi connectivity index (χ1v) is 20.8. The Balaban J connectivity index is 0.000000154. The van der Waals surface area contributed by atoms with Crippen LogP contribution in [0, 0.1) is 13.8 Å². The normalized spacial score (nSPS) is 18.1. The molecule has 60 heavy (non-hydrogen) atoms. The van der Waals surface area contributed by atoms with Crippen molar-refractivity contribution in [3.05, 3.63) is 135 Å². The SMILES string of the molecule is Cc1ccnc(-c2ccc3c(c2)CC[C@H]3NC(=O)c2ccnn2C)n1.Cc1ccnc(Br)n1.Cn1nccc1C(=O)N[C@@H]1CCc2cc(B3OC(C)(C)C(C)(C)O3)ccc21. The molecule has 0 spiro atoms. The van der Waals surface area contributed by atoms with Crippen LogP contribution >= 0.6 is 15.9 Å². The molecule has 1 fully saturated rings. The zero-order chi connectivity index (χ0) is 42.8. The van der Waals surface area contributed by atoms with Gasteiger partial charge in [-0.15, -0.1) is 0 Å². The van der Waals surface area contributed by atoms with Gasteiger partial charge < -0.3 is 19.9 Å². The summed E-state index contributed by atoms with van der Waals surface area (Å²) in [7, 11) is 3.18. The lowest BCUT2D eigenvalue weighted by molar-refractivity contribution is 0.00578. The van der Waals surface area contributed by atoms with Gasteiger partial charge in [0.15, 0.2) is 10.6 Å². The predicted molar refractivity (Wildman–Crippen MR) is 232 cm³/mol. The van der Waals surface area contributed by atoms with Crippen molar-refractivity contribution < 1.29 is 18.9 Å². The Morgan fingerprint density at radius 3 is 1.70 bits per heavy atom. The summed E-state index contributed by atoms with van der Waals surface area (Å²) < 4.78 is 16.2. The Morgan fingerprint density at radius 1 is 0.700 bits per heavy atom. The van der Waals surface area contributed by atoms with Gasteiger partial charge in [0.1, 0.15) is 11.4 Å². The lowest BCUT2D eigenvalue weighted by atomic mass is 9.78. The van der Waals surface area contributed by atoms with E-state index in [4.69, 9.17) is 9.31 Å². The number of benzene rings is 2. The van der Waals surface area contributed by atoms with E-state index in [9.17, 15) is 9.59 Å². The minimum atomic E-state index is -0.358. The molecule has 9 rings (SSSR count). The van der Waals surface area contributed by atoms with E-state index < -0.39 is 0 Å². The Labute approximate surface area is 359 Å². The molecule has 1 saturated heterocycles. The number of aryl methyl sites for hydroxylation is 6. The maximum atomic E-state index is 12.5. The molecule has 1 aliphatic heterocycles. The van der Waals surface area contributed by atoms with Crippen LogP contribution in [0.1, 0.15) is 107 Å². The third kappa shape index (κ3) is 9.40. The average molecular weight is 874 g/mol. The lowest BCUT2D eigenvalue weighted by Gasteiger charge is -2.32. The molecule has 6 aromatic rings. The second-order valence-corrected chi connectivity index (χ2v) is 17.0. The van der Waals surface area contributed by atoms with Crippen LogP contribution in [0.5, 0.6) is 0 Å². The van der Waals surface area contributed by atoms with E-state index in [2.05, 4.69) is 115 Å². The van der Waals surface area contributed by atoms with Gasteiger partial charge in [-0.25, -0.2) is 19.9 Å². The summed E-state index contributed by atoms with van der Waals surface area (Å²) in [6.45, 7) is 12.1. The number of aromatic nitrogens is 8. The number of carbonyl (C=O) groups is 2. The highest BCUT2D eigenvalue weighted by Crippen LogP contribution is 2.38. The number of rotatable bonds is 6. The zero-order valence-electron chi connectivity index (χ0n) is 35.2. The van der Waals surface area contributed by atoms with Gasteiger partial charge >= 0.3 is 7.12 Å². The summed E-state index contributed by atoms with van der Waals surface area (Å²) in [5.74, 6) is 0.553. The van der Waals surface area contributed by atoms with Crippen LogP contribution in [0.15, 0.2) is 90.2 Å². The first-order valence-electron chi connectivity index (χ1n) is 20.0. The number of hydrogen-bond donors (Lipinski definition) is 2. The van der Waals surface area contributed by atoms with E-state index in [-0.39, 0.29) is 42.2 Å². The van der Waals surface area contributed by atoms with Gasteiger partial charge in [-0.05, 0) is 141 Å². The molecule has 310 valence electrons. The summed E-state index contributed by atoms with van der Waals surface area (Å²) in [4.78, 5) is 41.6. The zero-order valence-corrected chi connectivity index (χ0v) is 36.8. The molecule has 16 heteroatoms. The molecule has 2 N–H and O–H groups in total. The van der Waals surface area contributed by atoms with Crippen molar-refractivity contribution in [2.24, 2.45) is 14.1 Å². The summed E-state index contributed by atoms with van der Waals surface area (Å²) >= 11 is 3.14. The Hall–Kier alpha value is -5.58. The largest absolute Gasteiger partial charge is 0.494 e. The molecule has 0 unspecified atom stereocenters. The summed E-state index contributed by atoms with van der Waals surface area (Å²) in [5.41, 5.74) is 9.25. The molecule has 0 saturated carbocycles. The summed E-state index contributed by atoms with van der Waals surface area (Å²) in [6, 6.07) is 19.8. The average Bonchev–Trinajstić information content (AvgIpc) is 4.04. The minimum absolute atomic E-state index is 0.0229. The highest BCUT2D eigenvalue weighted by molar-refractivity contribution is 9.10. The topological polar surface area (TPSA) is 164 Å². The monoisotopic (exact) mass is 872 g/mol. The van der Waals surface area contributed by atoms with Crippen LogP contribution in [0.4, 0.5) is 0 Å². The van der Waals surface area contributed by atoms with E-state index in [1.807, 2.05) is 32.0 Å². The van der Waals surface area contributed by atoms with Gasteiger partial charge in [-0.3, -0.25) is 19.0 Å². The van der Waals surface area contributed by atoms with E-state index >= 15 is 0 Å². The maximum Gasteiger partial charge on any atom is 0.494 e. The van der Waals surface area contributed by atoms with Crippen LogP contribution in [0.3, 0.4) is 0 Å². The van der Waals surface area contributed by atoms with Crippen LogP contribution in [-0.4, -0.2) is 69.6 Å². The number of fused-ring (bicyclic) bond motifs is 2. The molecule has 14 nitrogen and oxygen atoms in total. The highest BCUT2D eigenvalue weighted by atomic mass is 79.9. The summed E-state index contributed by atoms with van der Waals surface area (Å²) in [6.07, 6.45) is 10.4. The molecule has 2 aliphatic carbocycles. The lowest BCUT2D eigenvalue weighted by Crippen LogP contribution is -2.41. The smallest absolute Gasteiger partial charge is 0.399 e. The second-order valence-electron chi connectivity index (χ2n) is 16.3. The molecule has 0 bridgehead atoms. The number of halogens is 1. The standard InChI is InChI=1S/C20H26BN3O3.C19H19N5O.C5H5BrN2/c1-19(2)20(3,4)27-21(26-19)14-7-8-15-13(12-14)6-9-16(15)23-18(25)17-10-11-22-24(17)5;1-12-7-9-20-18(22-12)14-3-5-15-13(11-14)4-6-16(15)23-19(25)17-8-10-21-24(17)2;1-4-2-3-7-5(6)8-4/h7-8,10-12,16H,6,9H2,1-5H3,(H,23,25);3,5,7-11,16H,4,6H2,1-2H3,(H,23,25);2-3H,1H3/t2*16-;/m11./s1. The maximum absolute atomic E-state index is 12.5. The van der Waals surface area contributed by atoms with Crippen LogP contribution in [0.25, 0.3) is 11.4 Å². The van der Waals surface area contributed by atoms with Gasteiger partial charge in [0, 0.05) is 55.8 Å². The van der Waals surface area contributed by atoms with E-state index in [0.29, 0.717) is 16.1 Å². The van der Waals surface area contributed by atoms with Gasteiger partial charge in [0.2, 0.25) is 0 Å².